The maximum absolute atomic E-state index is 11.1. The Balaban J connectivity index is 2.21. The van der Waals surface area contributed by atoms with Crippen molar-refractivity contribution < 1.29 is 14.6 Å². The first kappa shape index (κ1) is 13.2. The van der Waals surface area contributed by atoms with Crippen molar-refractivity contribution in [3.8, 4) is 17.0 Å². The molecule has 0 saturated carbocycles. The van der Waals surface area contributed by atoms with Crippen LogP contribution in [0.5, 0.6) is 5.75 Å². The summed E-state index contributed by atoms with van der Waals surface area (Å²) >= 11 is 0. The van der Waals surface area contributed by atoms with Crippen LogP contribution >= 0.6 is 0 Å². The second-order valence-corrected chi connectivity index (χ2v) is 4.88. The van der Waals surface area contributed by atoms with E-state index >= 15 is 0 Å². The molecule has 0 radical (unpaired) electrons. The fraction of sp³-hybridized carbons (Fsp3) is 0.200. The molecule has 0 spiro atoms. The van der Waals surface area contributed by atoms with Crippen LogP contribution in [0, 0.1) is 0 Å². The van der Waals surface area contributed by atoms with Gasteiger partial charge in [0.25, 0.3) is 0 Å². The van der Waals surface area contributed by atoms with Gasteiger partial charge in [-0.15, -0.1) is 0 Å². The fourth-order valence-corrected chi connectivity index (χ4v) is 2.49. The lowest BCUT2D eigenvalue weighted by Gasteiger charge is -2.01. The summed E-state index contributed by atoms with van der Waals surface area (Å²) in [6.07, 6.45) is 1.94. The first-order chi connectivity index (χ1) is 10.0. The van der Waals surface area contributed by atoms with E-state index in [1.807, 2.05) is 36.0 Å². The van der Waals surface area contributed by atoms with Gasteiger partial charge in [-0.25, -0.2) is 4.79 Å². The Morgan fingerprint density at radius 1 is 1.29 bits per heavy atom. The molecule has 6 heteroatoms. The predicted octanol–water partition coefficient (Wildman–Crippen LogP) is 2.29. The summed E-state index contributed by atoms with van der Waals surface area (Å²) in [5, 5.41) is 14.4. The molecule has 0 bridgehead atoms. The molecule has 2 aromatic heterocycles. The molecular weight excluding hydrogens is 270 g/mol. The molecule has 2 heterocycles. The van der Waals surface area contributed by atoms with E-state index in [1.54, 1.807) is 20.2 Å². The summed E-state index contributed by atoms with van der Waals surface area (Å²) in [6, 6.07) is 7.37. The van der Waals surface area contributed by atoms with Gasteiger partial charge in [-0.2, -0.15) is 5.10 Å². The highest BCUT2D eigenvalue weighted by Gasteiger charge is 2.16. The van der Waals surface area contributed by atoms with Gasteiger partial charge in [-0.3, -0.25) is 4.68 Å². The quantitative estimate of drug-likeness (QED) is 0.801. The molecule has 1 N–H and O–H groups in total. The molecule has 108 valence electrons. The summed E-state index contributed by atoms with van der Waals surface area (Å²) in [5.74, 6) is -0.208. The van der Waals surface area contributed by atoms with Gasteiger partial charge in [0, 0.05) is 37.3 Å². The first-order valence-corrected chi connectivity index (χ1v) is 6.42. The number of aromatic carboxylic acids is 1. The van der Waals surface area contributed by atoms with E-state index < -0.39 is 5.97 Å². The van der Waals surface area contributed by atoms with Crippen molar-refractivity contribution in [2.45, 2.75) is 0 Å². The molecule has 0 atom stereocenters. The molecule has 0 aliphatic carbocycles. The molecule has 21 heavy (non-hydrogen) atoms. The van der Waals surface area contributed by atoms with Crippen LogP contribution in [0.25, 0.3) is 22.2 Å². The standard InChI is InChI=1S/C15H15N3O3/c1-17-8-11(10-5-4-9(21-3)6-13(10)17)12-7-14(15(19)20)18(2)16-12/h4-8H,1-3H3,(H,19,20). The second kappa shape index (κ2) is 4.66. The minimum Gasteiger partial charge on any atom is -0.497 e. The molecule has 1 aromatic carbocycles. The van der Waals surface area contributed by atoms with Gasteiger partial charge < -0.3 is 14.4 Å². The predicted molar refractivity (Wildman–Crippen MR) is 78.6 cm³/mol. The van der Waals surface area contributed by atoms with Crippen LogP contribution in [0.4, 0.5) is 0 Å². The third-order valence-electron chi connectivity index (χ3n) is 3.57. The van der Waals surface area contributed by atoms with Crippen molar-refractivity contribution in [3.63, 3.8) is 0 Å². The maximum atomic E-state index is 11.1. The second-order valence-electron chi connectivity index (χ2n) is 4.88. The molecule has 0 aliphatic rings. The number of carboxylic acids is 1. The van der Waals surface area contributed by atoms with E-state index in [2.05, 4.69) is 5.10 Å². The van der Waals surface area contributed by atoms with Crippen molar-refractivity contribution in [1.29, 1.82) is 0 Å². The molecule has 0 amide bonds. The number of carboxylic acid groups (broad SMARTS) is 1. The number of fused-ring (bicyclic) bond motifs is 1. The average Bonchev–Trinajstić information content (AvgIpc) is 2.99. The van der Waals surface area contributed by atoms with Gasteiger partial charge in [0.1, 0.15) is 11.4 Å². The van der Waals surface area contributed by atoms with E-state index in [1.165, 1.54) is 4.68 Å². The maximum Gasteiger partial charge on any atom is 0.354 e. The van der Waals surface area contributed by atoms with Crippen molar-refractivity contribution in [3.05, 3.63) is 36.2 Å². The minimum absolute atomic E-state index is 0.163. The number of methoxy groups -OCH3 is 1. The zero-order valence-electron chi connectivity index (χ0n) is 12.0. The monoisotopic (exact) mass is 285 g/mol. The molecule has 3 aromatic rings. The zero-order valence-corrected chi connectivity index (χ0v) is 12.0. The molecule has 0 unspecified atom stereocenters. The van der Waals surface area contributed by atoms with Crippen LogP contribution in [0.2, 0.25) is 0 Å². The summed E-state index contributed by atoms with van der Waals surface area (Å²) in [5.41, 5.74) is 2.71. The van der Waals surface area contributed by atoms with Gasteiger partial charge >= 0.3 is 5.97 Å². The fourth-order valence-electron chi connectivity index (χ4n) is 2.49. The van der Waals surface area contributed by atoms with Crippen LogP contribution in [-0.4, -0.2) is 32.5 Å². The normalized spacial score (nSPS) is 11.0. The Morgan fingerprint density at radius 2 is 2.05 bits per heavy atom. The Hall–Kier alpha value is -2.76. The van der Waals surface area contributed by atoms with Crippen molar-refractivity contribution in [2.75, 3.05) is 7.11 Å². The molecule has 0 saturated heterocycles. The van der Waals surface area contributed by atoms with E-state index in [-0.39, 0.29) is 5.69 Å². The van der Waals surface area contributed by atoms with Crippen LogP contribution in [0.15, 0.2) is 30.5 Å². The highest BCUT2D eigenvalue weighted by Crippen LogP contribution is 2.31. The SMILES string of the molecule is COc1ccc2c(-c3cc(C(=O)O)n(C)n3)cn(C)c2c1. The smallest absolute Gasteiger partial charge is 0.354 e. The Morgan fingerprint density at radius 3 is 2.67 bits per heavy atom. The molecular formula is C15H15N3O3. The number of benzene rings is 1. The largest absolute Gasteiger partial charge is 0.497 e. The number of carbonyl (C=O) groups is 1. The van der Waals surface area contributed by atoms with Crippen LogP contribution in [0.1, 0.15) is 10.5 Å². The molecule has 0 fully saturated rings. The number of aromatic nitrogens is 3. The minimum atomic E-state index is -0.988. The zero-order chi connectivity index (χ0) is 15.1. The third-order valence-corrected chi connectivity index (χ3v) is 3.57. The summed E-state index contributed by atoms with van der Waals surface area (Å²) < 4.78 is 8.59. The number of aryl methyl sites for hydroxylation is 2. The lowest BCUT2D eigenvalue weighted by Crippen LogP contribution is -2.04. The first-order valence-electron chi connectivity index (χ1n) is 6.42. The number of hydrogen-bond acceptors (Lipinski definition) is 3. The van der Waals surface area contributed by atoms with Crippen LogP contribution in [-0.2, 0) is 14.1 Å². The van der Waals surface area contributed by atoms with Gasteiger partial charge in [0.2, 0.25) is 0 Å². The average molecular weight is 285 g/mol. The van der Waals surface area contributed by atoms with E-state index in [9.17, 15) is 4.79 Å². The van der Waals surface area contributed by atoms with E-state index in [0.717, 1.165) is 22.2 Å². The lowest BCUT2D eigenvalue weighted by atomic mass is 10.1. The van der Waals surface area contributed by atoms with E-state index in [0.29, 0.717) is 5.69 Å². The highest BCUT2D eigenvalue weighted by atomic mass is 16.5. The lowest BCUT2D eigenvalue weighted by molar-refractivity contribution is 0.0685. The van der Waals surface area contributed by atoms with Crippen molar-refractivity contribution >= 4 is 16.9 Å². The van der Waals surface area contributed by atoms with Crippen molar-refractivity contribution in [2.24, 2.45) is 14.1 Å². The topological polar surface area (TPSA) is 69.3 Å². The Kier molecular flexibility index (Phi) is 2.94. The summed E-state index contributed by atoms with van der Waals surface area (Å²) in [7, 11) is 5.19. The highest BCUT2D eigenvalue weighted by molar-refractivity contribution is 5.97. The van der Waals surface area contributed by atoms with Gasteiger partial charge in [-0.1, -0.05) is 0 Å². The van der Waals surface area contributed by atoms with Crippen LogP contribution in [0.3, 0.4) is 0 Å². The number of ether oxygens (including phenoxy) is 1. The Bertz CT molecular complexity index is 845. The van der Waals surface area contributed by atoms with Crippen molar-refractivity contribution in [1.82, 2.24) is 14.3 Å². The van der Waals surface area contributed by atoms with E-state index in [4.69, 9.17) is 9.84 Å². The summed E-state index contributed by atoms with van der Waals surface area (Å²) in [6.45, 7) is 0. The number of nitrogens with zero attached hydrogens (tertiary/aromatic N) is 3. The Labute approximate surface area is 121 Å². The molecule has 3 rings (SSSR count). The van der Waals surface area contributed by atoms with Gasteiger partial charge in [0.15, 0.2) is 0 Å². The molecule has 0 aliphatic heterocycles. The van der Waals surface area contributed by atoms with Gasteiger partial charge in [0.05, 0.1) is 18.3 Å². The van der Waals surface area contributed by atoms with Gasteiger partial charge in [-0.05, 0) is 18.2 Å². The number of rotatable bonds is 3. The third kappa shape index (κ3) is 2.05. The van der Waals surface area contributed by atoms with Crippen LogP contribution < -0.4 is 4.74 Å². The molecule has 6 nitrogen and oxygen atoms in total. The number of hydrogen-bond donors (Lipinski definition) is 1. The summed E-state index contributed by atoms with van der Waals surface area (Å²) in [4.78, 5) is 11.1.